The molecule has 0 unspecified atom stereocenters. The van der Waals surface area contributed by atoms with Crippen molar-refractivity contribution in [1.82, 2.24) is 0 Å². The van der Waals surface area contributed by atoms with Gasteiger partial charge in [0.15, 0.2) is 0 Å². The lowest BCUT2D eigenvalue weighted by Crippen LogP contribution is -1.99. The Labute approximate surface area is 110 Å². The Bertz CT molecular complexity index is 570. The molecule has 0 radical (unpaired) electrons. The van der Waals surface area contributed by atoms with Crippen LogP contribution in [0.15, 0.2) is 48.5 Å². The predicted octanol–water partition coefficient (Wildman–Crippen LogP) is 2.89. The summed E-state index contributed by atoms with van der Waals surface area (Å²) in [6.45, 7) is 0.787. The fourth-order valence-electron chi connectivity index (χ4n) is 1.70. The van der Waals surface area contributed by atoms with Gasteiger partial charge in [-0.25, -0.2) is 0 Å². The number of nitrogens with two attached hydrogens (primary N) is 1. The van der Waals surface area contributed by atoms with Crippen molar-refractivity contribution in [2.24, 2.45) is 0 Å². The second-order valence-corrected chi connectivity index (χ2v) is 4.13. The molecule has 0 bridgehead atoms. The molecular weight excluding hydrogens is 244 g/mol. The third kappa shape index (κ3) is 3.53. The maximum absolute atomic E-state index is 10.8. The highest BCUT2D eigenvalue weighted by atomic mass is 16.6. The van der Waals surface area contributed by atoms with Crippen LogP contribution in [0, 0.1) is 10.1 Å². The van der Waals surface area contributed by atoms with Gasteiger partial charge in [-0.2, -0.15) is 0 Å². The van der Waals surface area contributed by atoms with Crippen LogP contribution in [0.25, 0.3) is 0 Å². The number of hydrogen-bond donors (Lipinski definition) is 1. The third-order valence-corrected chi connectivity index (χ3v) is 2.67. The standard InChI is InChI=1S/C14H14N2O3/c15-13-7-6-12(8-14(13)16(17)18)10-19-9-11-4-2-1-3-5-11/h1-8H,9-10,15H2. The molecule has 0 atom stereocenters. The van der Waals surface area contributed by atoms with E-state index in [9.17, 15) is 10.1 Å². The average Bonchev–Trinajstić information content (AvgIpc) is 2.41. The second-order valence-electron chi connectivity index (χ2n) is 4.13. The Morgan fingerprint density at radius 1 is 1.05 bits per heavy atom. The molecule has 0 amide bonds. The van der Waals surface area contributed by atoms with Gasteiger partial charge in [0, 0.05) is 6.07 Å². The van der Waals surface area contributed by atoms with Crippen LogP contribution in [0.3, 0.4) is 0 Å². The molecule has 0 fully saturated rings. The van der Waals surface area contributed by atoms with Crippen LogP contribution >= 0.6 is 0 Å². The Kier molecular flexibility index (Phi) is 4.10. The zero-order valence-electron chi connectivity index (χ0n) is 10.3. The average molecular weight is 258 g/mol. The van der Waals surface area contributed by atoms with E-state index in [1.807, 2.05) is 30.3 Å². The van der Waals surface area contributed by atoms with Gasteiger partial charge < -0.3 is 10.5 Å². The number of rotatable bonds is 5. The second kappa shape index (κ2) is 5.97. The summed E-state index contributed by atoms with van der Waals surface area (Å²) in [5.41, 5.74) is 7.40. The summed E-state index contributed by atoms with van der Waals surface area (Å²) < 4.78 is 5.52. The van der Waals surface area contributed by atoms with E-state index in [4.69, 9.17) is 10.5 Å². The van der Waals surface area contributed by atoms with Crippen LogP contribution in [-0.4, -0.2) is 4.92 Å². The van der Waals surface area contributed by atoms with Gasteiger partial charge in [0.05, 0.1) is 18.1 Å². The molecule has 0 aliphatic carbocycles. The van der Waals surface area contributed by atoms with Crippen LogP contribution in [0.5, 0.6) is 0 Å². The summed E-state index contributed by atoms with van der Waals surface area (Å²) in [7, 11) is 0. The third-order valence-electron chi connectivity index (χ3n) is 2.67. The Balaban J connectivity index is 1.97. The minimum atomic E-state index is -0.490. The number of nitro groups is 1. The maximum Gasteiger partial charge on any atom is 0.292 e. The van der Waals surface area contributed by atoms with Gasteiger partial charge in [-0.05, 0) is 17.2 Å². The van der Waals surface area contributed by atoms with E-state index in [-0.39, 0.29) is 11.4 Å². The molecular formula is C14H14N2O3. The molecule has 98 valence electrons. The number of benzene rings is 2. The molecule has 2 aromatic rings. The van der Waals surface area contributed by atoms with Gasteiger partial charge in [0.25, 0.3) is 5.69 Å². The van der Waals surface area contributed by atoms with Crippen molar-refractivity contribution in [2.45, 2.75) is 13.2 Å². The highest BCUT2D eigenvalue weighted by Gasteiger charge is 2.11. The van der Waals surface area contributed by atoms with Gasteiger partial charge in [-0.15, -0.1) is 0 Å². The quantitative estimate of drug-likeness (QED) is 0.508. The van der Waals surface area contributed by atoms with Crippen LogP contribution in [0.1, 0.15) is 11.1 Å². The van der Waals surface area contributed by atoms with Gasteiger partial charge >= 0.3 is 0 Å². The van der Waals surface area contributed by atoms with Gasteiger partial charge in [-0.1, -0.05) is 36.4 Å². The predicted molar refractivity (Wildman–Crippen MR) is 72.4 cm³/mol. The molecule has 5 nitrogen and oxygen atoms in total. The fourth-order valence-corrected chi connectivity index (χ4v) is 1.70. The van der Waals surface area contributed by atoms with E-state index in [1.165, 1.54) is 12.1 Å². The van der Waals surface area contributed by atoms with E-state index < -0.39 is 4.92 Å². The van der Waals surface area contributed by atoms with Gasteiger partial charge in [-0.3, -0.25) is 10.1 Å². The molecule has 0 heterocycles. The summed E-state index contributed by atoms with van der Waals surface area (Å²) in [6.07, 6.45) is 0. The van der Waals surface area contributed by atoms with E-state index >= 15 is 0 Å². The topological polar surface area (TPSA) is 78.4 Å². The molecule has 0 saturated carbocycles. The molecule has 19 heavy (non-hydrogen) atoms. The van der Waals surface area contributed by atoms with E-state index in [2.05, 4.69) is 0 Å². The van der Waals surface area contributed by atoms with Crippen LogP contribution in [-0.2, 0) is 18.0 Å². The molecule has 0 aromatic heterocycles. The Morgan fingerprint density at radius 2 is 1.74 bits per heavy atom. The fraction of sp³-hybridized carbons (Fsp3) is 0.143. The van der Waals surface area contributed by atoms with Crippen molar-refractivity contribution >= 4 is 11.4 Å². The number of anilines is 1. The molecule has 0 aliphatic heterocycles. The van der Waals surface area contributed by atoms with Crippen molar-refractivity contribution in [3.63, 3.8) is 0 Å². The van der Waals surface area contributed by atoms with Crippen LogP contribution in [0.2, 0.25) is 0 Å². The first-order valence-corrected chi connectivity index (χ1v) is 5.81. The molecule has 2 aromatic carbocycles. The first kappa shape index (κ1) is 13.0. The largest absolute Gasteiger partial charge is 0.393 e. The lowest BCUT2D eigenvalue weighted by molar-refractivity contribution is -0.384. The molecule has 0 aliphatic rings. The highest BCUT2D eigenvalue weighted by molar-refractivity contribution is 5.59. The molecule has 5 heteroatoms. The monoisotopic (exact) mass is 258 g/mol. The van der Waals surface area contributed by atoms with Crippen molar-refractivity contribution in [3.05, 3.63) is 69.8 Å². The van der Waals surface area contributed by atoms with Crippen molar-refractivity contribution in [1.29, 1.82) is 0 Å². The molecule has 2 rings (SSSR count). The number of nitrogens with zero attached hydrogens (tertiary/aromatic N) is 1. The smallest absolute Gasteiger partial charge is 0.292 e. The first-order valence-electron chi connectivity index (χ1n) is 5.81. The lowest BCUT2D eigenvalue weighted by atomic mass is 10.2. The Morgan fingerprint density at radius 3 is 2.42 bits per heavy atom. The highest BCUT2D eigenvalue weighted by Crippen LogP contribution is 2.22. The van der Waals surface area contributed by atoms with Gasteiger partial charge in [0.2, 0.25) is 0 Å². The first-order chi connectivity index (χ1) is 9.16. The summed E-state index contributed by atoms with van der Waals surface area (Å²) in [4.78, 5) is 10.3. The van der Waals surface area contributed by atoms with E-state index in [1.54, 1.807) is 6.07 Å². The summed E-state index contributed by atoms with van der Waals surface area (Å²) >= 11 is 0. The SMILES string of the molecule is Nc1ccc(COCc2ccccc2)cc1[N+](=O)[O-]. The molecule has 0 spiro atoms. The van der Waals surface area contributed by atoms with Crippen molar-refractivity contribution < 1.29 is 9.66 Å². The van der Waals surface area contributed by atoms with Crippen LogP contribution < -0.4 is 5.73 Å². The molecule has 0 saturated heterocycles. The minimum Gasteiger partial charge on any atom is -0.393 e. The number of nitrogen functional groups attached to an aromatic ring is 1. The number of ether oxygens (including phenoxy) is 1. The van der Waals surface area contributed by atoms with Crippen LogP contribution in [0.4, 0.5) is 11.4 Å². The number of hydrogen-bond acceptors (Lipinski definition) is 4. The van der Waals surface area contributed by atoms with E-state index in [0.29, 0.717) is 13.2 Å². The summed E-state index contributed by atoms with van der Waals surface area (Å²) in [6, 6.07) is 14.4. The maximum atomic E-state index is 10.8. The zero-order valence-corrected chi connectivity index (χ0v) is 10.3. The normalized spacial score (nSPS) is 10.3. The van der Waals surface area contributed by atoms with Crippen molar-refractivity contribution in [2.75, 3.05) is 5.73 Å². The van der Waals surface area contributed by atoms with Crippen molar-refractivity contribution in [3.8, 4) is 0 Å². The lowest BCUT2D eigenvalue weighted by Gasteiger charge is -2.05. The minimum absolute atomic E-state index is 0.0826. The van der Waals surface area contributed by atoms with E-state index in [0.717, 1.165) is 11.1 Å². The number of nitro benzene ring substituents is 1. The summed E-state index contributed by atoms with van der Waals surface area (Å²) in [5, 5.41) is 10.8. The summed E-state index contributed by atoms with van der Waals surface area (Å²) in [5.74, 6) is 0. The molecule has 2 N–H and O–H groups in total. The van der Waals surface area contributed by atoms with Gasteiger partial charge in [0.1, 0.15) is 5.69 Å². The zero-order chi connectivity index (χ0) is 13.7. The Hall–Kier alpha value is -2.40.